The van der Waals surface area contributed by atoms with Crippen molar-refractivity contribution in [2.75, 3.05) is 25.1 Å². The number of nitrogens with one attached hydrogen (secondary N) is 1. The average Bonchev–Trinajstić information content (AvgIpc) is 3.32. The van der Waals surface area contributed by atoms with Gasteiger partial charge in [-0.2, -0.15) is 0 Å². The van der Waals surface area contributed by atoms with E-state index in [0.717, 1.165) is 57.5 Å². The molecule has 0 radical (unpaired) electrons. The Morgan fingerprint density at radius 3 is 2.91 bits per heavy atom. The molecule has 0 aliphatic carbocycles. The van der Waals surface area contributed by atoms with Crippen molar-refractivity contribution in [2.24, 2.45) is 5.92 Å². The summed E-state index contributed by atoms with van der Waals surface area (Å²) in [5.74, 6) is 1.71. The highest BCUT2D eigenvalue weighted by Gasteiger charge is 2.28. The number of ether oxygens (including phenoxy) is 1. The summed E-state index contributed by atoms with van der Waals surface area (Å²) in [7, 11) is 1.65. The standard InChI is InChI=1S/C25H25BrN4O2/c1-32-23-11-10-19(26)14-18(23)15-27-25(31)17-6-4-12-29(16-17)24-22-9-5-13-30(22)21-8-3-2-7-20(21)28-24/h2-3,5,7-11,13-14,17H,4,6,12,15-16H2,1H3,(H,27,31)/t17-/m0/s1. The van der Waals surface area contributed by atoms with Crippen LogP contribution in [0, 0.1) is 5.92 Å². The fourth-order valence-electron chi connectivity index (χ4n) is 4.54. The molecule has 1 atom stereocenters. The molecule has 0 spiro atoms. The van der Waals surface area contributed by atoms with Gasteiger partial charge in [-0.05, 0) is 55.3 Å². The van der Waals surface area contributed by atoms with E-state index >= 15 is 0 Å². The zero-order chi connectivity index (χ0) is 22.1. The number of halogens is 1. The van der Waals surface area contributed by atoms with Crippen LogP contribution in [0.5, 0.6) is 5.75 Å². The molecule has 164 valence electrons. The Bertz CT molecular complexity index is 1290. The molecule has 0 saturated carbocycles. The summed E-state index contributed by atoms with van der Waals surface area (Å²) in [6.07, 6.45) is 3.91. The van der Waals surface area contributed by atoms with Gasteiger partial charge in [-0.25, -0.2) is 4.98 Å². The maximum atomic E-state index is 13.0. The van der Waals surface area contributed by atoms with Crippen molar-refractivity contribution in [1.82, 2.24) is 14.7 Å². The number of carbonyl (C=O) groups excluding carboxylic acids is 1. The van der Waals surface area contributed by atoms with Gasteiger partial charge in [0.05, 0.1) is 29.6 Å². The number of nitrogens with zero attached hydrogens (tertiary/aromatic N) is 3. The molecule has 32 heavy (non-hydrogen) atoms. The first-order chi connectivity index (χ1) is 15.6. The van der Waals surface area contributed by atoms with Crippen LogP contribution < -0.4 is 15.0 Å². The van der Waals surface area contributed by atoms with E-state index < -0.39 is 0 Å². The fraction of sp³-hybridized carbons (Fsp3) is 0.280. The normalized spacial score (nSPS) is 16.4. The van der Waals surface area contributed by atoms with Crippen LogP contribution in [0.2, 0.25) is 0 Å². The van der Waals surface area contributed by atoms with Gasteiger partial charge in [-0.1, -0.05) is 28.1 Å². The SMILES string of the molecule is COc1ccc(Br)cc1CNC(=O)[C@H]1CCCN(c2nc3ccccc3n3cccc23)C1. The van der Waals surface area contributed by atoms with E-state index in [1.54, 1.807) is 7.11 Å². The molecule has 1 N–H and O–H groups in total. The van der Waals surface area contributed by atoms with Crippen LogP contribution in [-0.2, 0) is 11.3 Å². The number of methoxy groups -OCH3 is 1. The molecule has 2 aromatic heterocycles. The number of hydrogen-bond acceptors (Lipinski definition) is 4. The van der Waals surface area contributed by atoms with Crippen molar-refractivity contribution in [3.63, 3.8) is 0 Å². The molecule has 1 fully saturated rings. The fourth-order valence-corrected chi connectivity index (χ4v) is 4.94. The number of hydrogen-bond donors (Lipinski definition) is 1. The molecule has 3 heterocycles. The zero-order valence-electron chi connectivity index (χ0n) is 17.9. The quantitative estimate of drug-likeness (QED) is 0.435. The summed E-state index contributed by atoms with van der Waals surface area (Å²) in [5, 5.41) is 3.11. The first-order valence-corrected chi connectivity index (χ1v) is 11.6. The third-order valence-corrected chi connectivity index (χ3v) is 6.63. The van der Waals surface area contributed by atoms with Crippen LogP contribution in [0.1, 0.15) is 18.4 Å². The highest BCUT2D eigenvalue weighted by molar-refractivity contribution is 9.10. The van der Waals surface area contributed by atoms with Crippen LogP contribution in [0.15, 0.2) is 65.3 Å². The number of rotatable bonds is 5. The van der Waals surface area contributed by atoms with E-state index in [2.05, 4.69) is 48.9 Å². The second-order valence-electron chi connectivity index (χ2n) is 8.15. The monoisotopic (exact) mass is 492 g/mol. The molecule has 5 rings (SSSR count). The predicted octanol–water partition coefficient (Wildman–Crippen LogP) is 4.79. The van der Waals surface area contributed by atoms with Crippen molar-refractivity contribution < 1.29 is 9.53 Å². The Morgan fingerprint density at radius 1 is 1.19 bits per heavy atom. The molecule has 0 unspecified atom stereocenters. The predicted molar refractivity (Wildman–Crippen MR) is 130 cm³/mol. The third kappa shape index (κ3) is 3.93. The van der Waals surface area contributed by atoms with Gasteiger partial charge in [0.25, 0.3) is 0 Å². The van der Waals surface area contributed by atoms with E-state index in [1.807, 2.05) is 42.5 Å². The van der Waals surface area contributed by atoms with Gasteiger partial charge < -0.3 is 19.4 Å². The van der Waals surface area contributed by atoms with Gasteiger partial charge in [0.15, 0.2) is 5.82 Å². The molecule has 6 nitrogen and oxygen atoms in total. The smallest absolute Gasteiger partial charge is 0.225 e. The lowest BCUT2D eigenvalue weighted by Gasteiger charge is -2.33. The van der Waals surface area contributed by atoms with Crippen LogP contribution in [-0.4, -0.2) is 35.5 Å². The summed E-state index contributed by atoms with van der Waals surface area (Å²) in [4.78, 5) is 20.3. The summed E-state index contributed by atoms with van der Waals surface area (Å²) in [6, 6.07) is 18.1. The Morgan fingerprint density at radius 2 is 2.03 bits per heavy atom. The number of piperidine rings is 1. The van der Waals surface area contributed by atoms with Crippen molar-refractivity contribution >= 4 is 44.2 Å². The second-order valence-corrected chi connectivity index (χ2v) is 9.06. The summed E-state index contributed by atoms with van der Waals surface area (Å²) in [5.41, 5.74) is 4.07. The van der Waals surface area contributed by atoms with Crippen molar-refractivity contribution in [2.45, 2.75) is 19.4 Å². The molecule has 7 heteroatoms. The summed E-state index contributed by atoms with van der Waals surface area (Å²) >= 11 is 3.49. The lowest BCUT2D eigenvalue weighted by Crippen LogP contribution is -2.43. The van der Waals surface area contributed by atoms with E-state index in [0.29, 0.717) is 13.1 Å². The van der Waals surface area contributed by atoms with Crippen LogP contribution in [0.4, 0.5) is 5.82 Å². The van der Waals surface area contributed by atoms with E-state index in [4.69, 9.17) is 9.72 Å². The highest BCUT2D eigenvalue weighted by Crippen LogP contribution is 2.29. The van der Waals surface area contributed by atoms with Crippen molar-refractivity contribution in [1.29, 1.82) is 0 Å². The number of fused-ring (bicyclic) bond motifs is 3. The van der Waals surface area contributed by atoms with E-state index in [-0.39, 0.29) is 11.8 Å². The molecule has 2 aromatic carbocycles. The van der Waals surface area contributed by atoms with E-state index in [1.165, 1.54) is 0 Å². The van der Waals surface area contributed by atoms with Crippen LogP contribution in [0.3, 0.4) is 0 Å². The lowest BCUT2D eigenvalue weighted by molar-refractivity contribution is -0.125. The number of para-hydroxylation sites is 2. The molecular formula is C25H25BrN4O2. The highest BCUT2D eigenvalue weighted by atomic mass is 79.9. The van der Waals surface area contributed by atoms with Crippen molar-refractivity contribution in [3.8, 4) is 5.75 Å². The first kappa shape index (κ1) is 20.8. The minimum Gasteiger partial charge on any atom is -0.496 e. The average molecular weight is 493 g/mol. The minimum absolute atomic E-state index is 0.0731. The van der Waals surface area contributed by atoms with Gasteiger partial charge in [0.1, 0.15) is 5.75 Å². The van der Waals surface area contributed by atoms with Gasteiger partial charge in [-0.3, -0.25) is 4.79 Å². The number of anilines is 1. The molecular weight excluding hydrogens is 468 g/mol. The minimum atomic E-state index is -0.0785. The molecule has 4 aromatic rings. The Kier molecular flexibility index (Phi) is 5.74. The van der Waals surface area contributed by atoms with Crippen LogP contribution >= 0.6 is 15.9 Å². The molecule has 1 saturated heterocycles. The van der Waals surface area contributed by atoms with Gasteiger partial charge in [-0.15, -0.1) is 0 Å². The lowest BCUT2D eigenvalue weighted by atomic mass is 9.97. The largest absolute Gasteiger partial charge is 0.496 e. The first-order valence-electron chi connectivity index (χ1n) is 10.8. The van der Waals surface area contributed by atoms with Gasteiger partial charge in [0, 0.05) is 35.9 Å². The van der Waals surface area contributed by atoms with Gasteiger partial charge >= 0.3 is 0 Å². The maximum absolute atomic E-state index is 13.0. The van der Waals surface area contributed by atoms with Crippen LogP contribution in [0.25, 0.3) is 16.6 Å². The number of carbonyl (C=O) groups is 1. The zero-order valence-corrected chi connectivity index (χ0v) is 19.5. The maximum Gasteiger partial charge on any atom is 0.225 e. The van der Waals surface area contributed by atoms with E-state index in [9.17, 15) is 4.79 Å². The summed E-state index contributed by atoms with van der Waals surface area (Å²) in [6.45, 7) is 2.00. The number of amides is 1. The molecule has 1 aliphatic heterocycles. The Balaban J connectivity index is 1.35. The Labute approximate surface area is 195 Å². The van der Waals surface area contributed by atoms with Gasteiger partial charge in [0.2, 0.25) is 5.91 Å². The Hall–Kier alpha value is -3.06. The topological polar surface area (TPSA) is 58.9 Å². The molecule has 1 amide bonds. The molecule has 1 aliphatic rings. The molecule has 0 bridgehead atoms. The van der Waals surface area contributed by atoms with Crippen molar-refractivity contribution in [3.05, 3.63) is 70.8 Å². The second kappa shape index (κ2) is 8.82. The third-order valence-electron chi connectivity index (χ3n) is 6.13. The number of aromatic nitrogens is 2. The number of benzene rings is 2. The summed E-state index contributed by atoms with van der Waals surface area (Å²) < 4.78 is 8.57.